The molecule has 4 N–H and O–H groups in total. The largest absolute Gasteiger partial charge is 0.495 e. The molecular formula is C12H14ClN5O. The first kappa shape index (κ1) is 13.2. The second-order valence-electron chi connectivity index (χ2n) is 3.76. The number of aliphatic imine (C=N–C) groups is 1. The third-order valence-electron chi connectivity index (χ3n) is 2.40. The number of aromatic amines is 1. The number of nitrogens with one attached hydrogen (secondary N) is 2. The van der Waals surface area contributed by atoms with Gasteiger partial charge in [0.2, 0.25) is 0 Å². The number of nitrogens with two attached hydrogens (primary N) is 1. The average molecular weight is 280 g/mol. The van der Waals surface area contributed by atoms with Crippen LogP contribution in [-0.2, 0) is 6.54 Å². The molecule has 0 atom stereocenters. The summed E-state index contributed by atoms with van der Waals surface area (Å²) in [6.45, 7) is 0.433. The molecule has 0 radical (unpaired) electrons. The minimum atomic E-state index is 0.302. The van der Waals surface area contributed by atoms with Gasteiger partial charge in [0.1, 0.15) is 5.75 Å². The maximum Gasteiger partial charge on any atom is 0.193 e. The number of methoxy groups -OCH3 is 1. The highest BCUT2D eigenvalue weighted by atomic mass is 35.5. The summed E-state index contributed by atoms with van der Waals surface area (Å²) in [5, 5.41) is 10.1. The molecule has 6 nitrogen and oxygen atoms in total. The molecule has 0 saturated carbocycles. The molecule has 1 aromatic heterocycles. The summed E-state index contributed by atoms with van der Waals surface area (Å²) in [5.74, 6) is 0.913. The van der Waals surface area contributed by atoms with Crippen LogP contribution in [-0.4, -0.2) is 23.3 Å². The number of ether oxygens (including phenoxy) is 1. The van der Waals surface area contributed by atoms with E-state index in [-0.39, 0.29) is 0 Å². The second-order valence-corrected chi connectivity index (χ2v) is 4.16. The second kappa shape index (κ2) is 6.10. The molecular weight excluding hydrogens is 266 g/mol. The number of hydrogen-bond acceptors (Lipinski definition) is 3. The number of anilines is 1. The Morgan fingerprint density at radius 3 is 3.00 bits per heavy atom. The maximum absolute atomic E-state index is 6.01. The van der Waals surface area contributed by atoms with Gasteiger partial charge in [0.25, 0.3) is 0 Å². The fourth-order valence-corrected chi connectivity index (χ4v) is 1.73. The number of hydrogen-bond donors (Lipinski definition) is 3. The highest BCUT2D eigenvalue weighted by molar-refractivity contribution is 6.32. The average Bonchev–Trinajstić information content (AvgIpc) is 2.90. The fraction of sp³-hybridized carbons (Fsp3) is 0.167. The Morgan fingerprint density at radius 2 is 2.37 bits per heavy atom. The van der Waals surface area contributed by atoms with Crippen molar-refractivity contribution in [1.29, 1.82) is 0 Å². The molecule has 19 heavy (non-hydrogen) atoms. The number of aromatic nitrogens is 2. The van der Waals surface area contributed by atoms with Gasteiger partial charge >= 0.3 is 0 Å². The van der Waals surface area contributed by atoms with Crippen LogP contribution in [0.2, 0.25) is 5.02 Å². The van der Waals surface area contributed by atoms with Gasteiger partial charge in [-0.2, -0.15) is 5.10 Å². The number of H-pyrrole nitrogens is 1. The Morgan fingerprint density at radius 1 is 1.53 bits per heavy atom. The summed E-state index contributed by atoms with van der Waals surface area (Å²) < 4.78 is 5.07. The smallest absolute Gasteiger partial charge is 0.193 e. The van der Waals surface area contributed by atoms with Crippen molar-refractivity contribution in [1.82, 2.24) is 10.2 Å². The van der Waals surface area contributed by atoms with E-state index >= 15 is 0 Å². The van der Waals surface area contributed by atoms with Crippen molar-refractivity contribution < 1.29 is 4.74 Å². The molecule has 7 heteroatoms. The van der Waals surface area contributed by atoms with Crippen LogP contribution in [0.4, 0.5) is 5.69 Å². The van der Waals surface area contributed by atoms with Crippen LogP contribution in [0.5, 0.6) is 5.75 Å². The van der Waals surface area contributed by atoms with Crippen LogP contribution in [0.15, 0.2) is 35.5 Å². The normalized spacial score (nSPS) is 11.4. The van der Waals surface area contributed by atoms with Crippen molar-refractivity contribution in [3.8, 4) is 5.75 Å². The molecule has 100 valence electrons. The molecule has 0 aliphatic rings. The zero-order chi connectivity index (χ0) is 13.7. The molecule has 1 aromatic carbocycles. The minimum absolute atomic E-state index is 0.302. The SMILES string of the molecule is COc1ccc(NC(N)=NCc2ccn[nH]2)cc1Cl. The Hall–Kier alpha value is -2.21. The van der Waals surface area contributed by atoms with E-state index in [1.54, 1.807) is 25.4 Å². The maximum atomic E-state index is 6.01. The van der Waals surface area contributed by atoms with Gasteiger partial charge in [-0.1, -0.05) is 11.6 Å². The summed E-state index contributed by atoms with van der Waals surface area (Å²) >= 11 is 6.01. The Kier molecular flexibility index (Phi) is 4.25. The van der Waals surface area contributed by atoms with Gasteiger partial charge in [-0.05, 0) is 24.3 Å². The molecule has 2 rings (SSSR count). The van der Waals surface area contributed by atoms with Gasteiger partial charge in [0, 0.05) is 11.9 Å². The van der Waals surface area contributed by atoms with E-state index in [2.05, 4.69) is 20.5 Å². The van der Waals surface area contributed by atoms with Crippen LogP contribution in [0.25, 0.3) is 0 Å². The zero-order valence-electron chi connectivity index (χ0n) is 10.4. The van der Waals surface area contributed by atoms with Gasteiger partial charge in [0.05, 0.1) is 24.4 Å². The van der Waals surface area contributed by atoms with Gasteiger partial charge in [-0.15, -0.1) is 0 Å². The standard InChI is InChI=1S/C12H14ClN5O/c1-19-11-3-2-8(6-10(11)13)17-12(14)15-7-9-4-5-16-18-9/h2-6H,7H2,1H3,(H,16,18)(H3,14,15,17). The number of rotatable bonds is 4. The van der Waals surface area contributed by atoms with Crippen molar-refractivity contribution in [2.24, 2.45) is 10.7 Å². The molecule has 1 heterocycles. The highest BCUT2D eigenvalue weighted by Gasteiger charge is 2.02. The Labute approximate surface area is 115 Å². The monoisotopic (exact) mass is 279 g/mol. The van der Waals surface area contributed by atoms with E-state index in [0.717, 1.165) is 11.4 Å². The van der Waals surface area contributed by atoms with Crippen molar-refractivity contribution in [3.63, 3.8) is 0 Å². The summed E-state index contributed by atoms with van der Waals surface area (Å²) in [4.78, 5) is 4.17. The fourth-order valence-electron chi connectivity index (χ4n) is 1.47. The van der Waals surface area contributed by atoms with Gasteiger partial charge in [0.15, 0.2) is 5.96 Å². The predicted octanol–water partition coefficient (Wildman–Crippen LogP) is 2.00. The Bertz CT molecular complexity index is 568. The van der Waals surface area contributed by atoms with Gasteiger partial charge < -0.3 is 15.8 Å². The van der Waals surface area contributed by atoms with E-state index in [1.165, 1.54) is 0 Å². The zero-order valence-corrected chi connectivity index (χ0v) is 11.1. The lowest BCUT2D eigenvalue weighted by Crippen LogP contribution is -2.22. The molecule has 2 aromatic rings. The summed E-state index contributed by atoms with van der Waals surface area (Å²) in [5.41, 5.74) is 7.41. The first-order valence-electron chi connectivity index (χ1n) is 5.58. The first-order valence-corrected chi connectivity index (χ1v) is 5.95. The van der Waals surface area contributed by atoms with Crippen LogP contribution >= 0.6 is 11.6 Å². The molecule has 0 bridgehead atoms. The summed E-state index contributed by atoms with van der Waals surface area (Å²) in [6.07, 6.45) is 1.66. The van der Waals surface area contributed by atoms with E-state index in [4.69, 9.17) is 22.1 Å². The molecule has 0 aliphatic heterocycles. The molecule has 0 saturated heterocycles. The van der Waals surface area contributed by atoms with Crippen molar-refractivity contribution in [3.05, 3.63) is 41.2 Å². The first-order chi connectivity index (χ1) is 9.19. The van der Waals surface area contributed by atoms with E-state index < -0.39 is 0 Å². The van der Waals surface area contributed by atoms with Crippen molar-refractivity contribution in [2.45, 2.75) is 6.54 Å². The van der Waals surface area contributed by atoms with Crippen molar-refractivity contribution in [2.75, 3.05) is 12.4 Å². The quantitative estimate of drug-likeness (QED) is 0.590. The van der Waals surface area contributed by atoms with Crippen LogP contribution in [0.3, 0.4) is 0 Å². The molecule has 0 spiro atoms. The Balaban J connectivity index is 2.00. The van der Waals surface area contributed by atoms with Gasteiger partial charge in [-0.25, -0.2) is 4.99 Å². The number of benzene rings is 1. The highest BCUT2D eigenvalue weighted by Crippen LogP contribution is 2.26. The third kappa shape index (κ3) is 3.62. The lowest BCUT2D eigenvalue weighted by atomic mass is 10.3. The van der Waals surface area contributed by atoms with Crippen LogP contribution in [0.1, 0.15) is 5.69 Å². The minimum Gasteiger partial charge on any atom is -0.495 e. The van der Waals surface area contributed by atoms with E-state index in [0.29, 0.717) is 23.3 Å². The summed E-state index contributed by atoms with van der Waals surface area (Å²) in [7, 11) is 1.56. The lowest BCUT2D eigenvalue weighted by molar-refractivity contribution is 0.415. The molecule has 0 amide bonds. The topological polar surface area (TPSA) is 88.3 Å². The molecule has 0 aliphatic carbocycles. The number of guanidine groups is 1. The summed E-state index contributed by atoms with van der Waals surface area (Å²) in [6, 6.07) is 7.12. The lowest BCUT2D eigenvalue weighted by Gasteiger charge is -2.08. The number of nitrogens with zero attached hydrogens (tertiary/aromatic N) is 2. The molecule has 0 unspecified atom stereocenters. The van der Waals surface area contributed by atoms with E-state index in [9.17, 15) is 0 Å². The van der Waals surface area contributed by atoms with Crippen LogP contribution in [0, 0.1) is 0 Å². The van der Waals surface area contributed by atoms with E-state index in [1.807, 2.05) is 12.1 Å². The predicted molar refractivity (Wildman–Crippen MR) is 75.5 cm³/mol. The number of halogens is 1. The van der Waals surface area contributed by atoms with Gasteiger partial charge in [-0.3, -0.25) is 5.10 Å². The molecule has 0 fully saturated rings. The van der Waals surface area contributed by atoms with Crippen LogP contribution < -0.4 is 15.8 Å². The third-order valence-corrected chi connectivity index (χ3v) is 2.70. The van der Waals surface area contributed by atoms with Crippen molar-refractivity contribution >= 4 is 23.2 Å².